The maximum Gasteiger partial charge on any atom is 0.195 e. The van der Waals surface area contributed by atoms with Gasteiger partial charge in [-0.1, -0.05) is 66.7 Å². The molecule has 0 fully saturated rings. The van der Waals surface area contributed by atoms with Gasteiger partial charge in [0.1, 0.15) is 0 Å². The number of nitrogens with one attached hydrogen (secondary N) is 1. The second-order valence-corrected chi connectivity index (χ2v) is 6.44. The number of aryl methyl sites for hydroxylation is 2. The number of ketones is 1. The number of aromatic amines is 1. The fourth-order valence-corrected chi connectivity index (χ4v) is 3.50. The summed E-state index contributed by atoms with van der Waals surface area (Å²) in [5.74, 6) is 0.0534. The molecule has 4 aromatic rings. The molecule has 2 heteroatoms. The molecule has 122 valence electrons. The highest BCUT2D eigenvalue weighted by Gasteiger charge is 2.22. The zero-order chi connectivity index (χ0) is 17.4. The number of carbonyl (C=O) groups is 1. The molecule has 1 N–H and O–H groups in total. The monoisotopic (exact) mass is 325 g/mol. The molecule has 0 aliphatic rings. The van der Waals surface area contributed by atoms with E-state index in [0.29, 0.717) is 5.56 Å². The van der Waals surface area contributed by atoms with Crippen molar-refractivity contribution in [2.75, 3.05) is 0 Å². The van der Waals surface area contributed by atoms with Crippen LogP contribution in [0.3, 0.4) is 0 Å². The summed E-state index contributed by atoms with van der Waals surface area (Å²) in [6.07, 6.45) is 0. The Morgan fingerprint density at radius 2 is 1.48 bits per heavy atom. The molecule has 0 saturated carbocycles. The Morgan fingerprint density at radius 1 is 0.840 bits per heavy atom. The summed E-state index contributed by atoms with van der Waals surface area (Å²) < 4.78 is 0. The molecule has 2 nitrogen and oxygen atoms in total. The van der Waals surface area contributed by atoms with E-state index in [0.717, 1.165) is 33.3 Å². The average Bonchev–Trinajstić information content (AvgIpc) is 3.02. The first-order chi connectivity index (χ1) is 12.1. The van der Waals surface area contributed by atoms with Crippen molar-refractivity contribution in [1.29, 1.82) is 0 Å². The Kier molecular flexibility index (Phi) is 3.73. The van der Waals surface area contributed by atoms with Crippen LogP contribution in [0.25, 0.3) is 22.2 Å². The van der Waals surface area contributed by atoms with Gasteiger partial charge in [-0.05, 0) is 36.6 Å². The first-order valence-corrected chi connectivity index (χ1v) is 8.43. The summed E-state index contributed by atoms with van der Waals surface area (Å²) >= 11 is 0. The van der Waals surface area contributed by atoms with Crippen LogP contribution in [0.15, 0.2) is 72.8 Å². The Balaban J connectivity index is 2.05. The van der Waals surface area contributed by atoms with Gasteiger partial charge in [0, 0.05) is 16.5 Å². The van der Waals surface area contributed by atoms with Crippen LogP contribution in [0.4, 0.5) is 0 Å². The van der Waals surface area contributed by atoms with Gasteiger partial charge in [0.05, 0.1) is 11.3 Å². The van der Waals surface area contributed by atoms with Crippen molar-refractivity contribution in [2.24, 2.45) is 0 Å². The minimum absolute atomic E-state index is 0.0534. The summed E-state index contributed by atoms with van der Waals surface area (Å²) in [4.78, 5) is 16.8. The van der Waals surface area contributed by atoms with Gasteiger partial charge in [-0.25, -0.2) is 0 Å². The molecule has 25 heavy (non-hydrogen) atoms. The van der Waals surface area contributed by atoms with Crippen molar-refractivity contribution < 1.29 is 4.79 Å². The van der Waals surface area contributed by atoms with Crippen LogP contribution in [-0.4, -0.2) is 10.8 Å². The van der Waals surface area contributed by atoms with Gasteiger partial charge in [-0.3, -0.25) is 4.79 Å². The lowest BCUT2D eigenvalue weighted by Crippen LogP contribution is -2.03. The molecule has 0 atom stereocenters. The largest absolute Gasteiger partial charge is 0.354 e. The Hall–Kier alpha value is -3.13. The molecular weight excluding hydrogens is 306 g/mol. The highest BCUT2D eigenvalue weighted by atomic mass is 16.1. The Morgan fingerprint density at radius 3 is 2.16 bits per heavy atom. The number of rotatable bonds is 3. The van der Waals surface area contributed by atoms with Crippen molar-refractivity contribution in [3.8, 4) is 11.3 Å². The molecule has 4 rings (SSSR count). The van der Waals surface area contributed by atoms with E-state index in [2.05, 4.69) is 31.0 Å². The van der Waals surface area contributed by atoms with Crippen LogP contribution in [0.1, 0.15) is 27.0 Å². The van der Waals surface area contributed by atoms with E-state index in [1.54, 1.807) is 0 Å². The van der Waals surface area contributed by atoms with Crippen molar-refractivity contribution in [3.63, 3.8) is 0 Å². The van der Waals surface area contributed by atoms with Crippen molar-refractivity contribution in [1.82, 2.24) is 4.98 Å². The van der Waals surface area contributed by atoms with Gasteiger partial charge in [0.2, 0.25) is 0 Å². The smallest absolute Gasteiger partial charge is 0.195 e. The van der Waals surface area contributed by atoms with E-state index >= 15 is 0 Å². The van der Waals surface area contributed by atoms with Crippen molar-refractivity contribution in [2.45, 2.75) is 13.8 Å². The summed E-state index contributed by atoms with van der Waals surface area (Å²) in [6, 6.07) is 23.8. The highest BCUT2D eigenvalue weighted by Crippen LogP contribution is 2.34. The summed E-state index contributed by atoms with van der Waals surface area (Å²) in [5.41, 5.74) is 6.69. The molecular formula is C23H19NO. The maximum atomic E-state index is 13.3. The molecule has 1 aromatic heterocycles. The van der Waals surface area contributed by atoms with Gasteiger partial charge in [-0.15, -0.1) is 0 Å². The average molecular weight is 325 g/mol. The fourth-order valence-electron chi connectivity index (χ4n) is 3.50. The van der Waals surface area contributed by atoms with Gasteiger partial charge < -0.3 is 4.98 Å². The number of benzene rings is 3. The molecule has 0 bridgehead atoms. The SMILES string of the molecule is Cc1cc(C)c2c(C(=O)c3ccccc3)c(-c3ccccc3)[nH]c2c1. The third kappa shape index (κ3) is 2.66. The maximum absolute atomic E-state index is 13.3. The lowest BCUT2D eigenvalue weighted by atomic mass is 9.95. The summed E-state index contributed by atoms with van der Waals surface area (Å²) in [5, 5.41) is 1.01. The van der Waals surface area contributed by atoms with Gasteiger partial charge in [-0.2, -0.15) is 0 Å². The lowest BCUT2D eigenvalue weighted by Gasteiger charge is -2.06. The third-order valence-electron chi connectivity index (χ3n) is 4.57. The predicted molar refractivity (Wildman–Crippen MR) is 103 cm³/mol. The van der Waals surface area contributed by atoms with Gasteiger partial charge in [0.15, 0.2) is 5.78 Å². The fraction of sp³-hybridized carbons (Fsp3) is 0.0870. The van der Waals surface area contributed by atoms with Crippen LogP contribution in [0.2, 0.25) is 0 Å². The summed E-state index contributed by atoms with van der Waals surface area (Å²) in [7, 11) is 0. The van der Waals surface area contributed by atoms with E-state index in [9.17, 15) is 4.79 Å². The lowest BCUT2D eigenvalue weighted by molar-refractivity contribution is 0.104. The Bertz CT molecular complexity index is 1060. The van der Waals surface area contributed by atoms with Crippen LogP contribution in [0.5, 0.6) is 0 Å². The number of carbonyl (C=O) groups excluding carboxylic acids is 1. The van der Waals surface area contributed by atoms with E-state index in [-0.39, 0.29) is 5.78 Å². The van der Waals surface area contributed by atoms with Crippen LogP contribution in [-0.2, 0) is 0 Å². The molecule has 0 aliphatic heterocycles. The van der Waals surface area contributed by atoms with E-state index < -0.39 is 0 Å². The number of aromatic nitrogens is 1. The van der Waals surface area contributed by atoms with E-state index in [1.165, 1.54) is 5.56 Å². The number of fused-ring (bicyclic) bond motifs is 1. The second-order valence-electron chi connectivity index (χ2n) is 6.44. The van der Waals surface area contributed by atoms with Crippen LogP contribution < -0.4 is 0 Å². The van der Waals surface area contributed by atoms with Gasteiger partial charge in [0.25, 0.3) is 0 Å². The first-order valence-electron chi connectivity index (χ1n) is 8.43. The molecule has 0 aliphatic carbocycles. The normalized spacial score (nSPS) is 11.0. The molecule has 1 heterocycles. The number of H-pyrrole nitrogens is 1. The Labute approximate surface area is 147 Å². The minimum atomic E-state index is 0.0534. The summed E-state index contributed by atoms with van der Waals surface area (Å²) in [6.45, 7) is 4.15. The number of hydrogen-bond donors (Lipinski definition) is 1. The zero-order valence-corrected chi connectivity index (χ0v) is 14.3. The molecule has 0 amide bonds. The van der Waals surface area contributed by atoms with Crippen LogP contribution in [0, 0.1) is 13.8 Å². The second kappa shape index (κ2) is 6.06. The molecule has 0 spiro atoms. The third-order valence-corrected chi connectivity index (χ3v) is 4.57. The number of hydrogen-bond acceptors (Lipinski definition) is 1. The zero-order valence-electron chi connectivity index (χ0n) is 14.3. The van der Waals surface area contributed by atoms with Crippen molar-refractivity contribution in [3.05, 3.63) is 95.1 Å². The molecule has 0 saturated heterocycles. The van der Waals surface area contributed by atoms with E-state index in [4.69, 9.17) is 0 Å². The van der Waals surface area contributed by atoms with Crippen LogP contribution >= 0.6 is 0 Å². The van der Waals surface area contributed by atoms with E-state index in [1.807, 2.05) is 60.7 Å². The predicted octanol–water partition coefficient (Wildman–Crippen LogP) is 5.68. The van der Waals surface area contributed by atoms with Crippen molar-refractivity contribution >= 4 is 16.7 Å². The minimum Gasteiger partial charge on any atom is -0.354 e. The van der Waals surface area contributed by atoms with Gasteiger partial charge >= 0.3 is 0 Å². The molecule has 3 aromatic carbocycles. The molecule has 0 unspecified atom stereocenters. The topological polar surface area (TPSA) is 32.9 Å². The highest BCUT2D eigenvalue weighted by molar-refractivity contribution is 6.21. The quantitative estimate of drug-likeness (QED) is 0.483. The first kappa shape index (κ1) is 15.4. The molecule has 0 radical (unpaired) electrons. The standard InChI is InChI=1S/C23H19NO/c1-15-13-16(2)20-19(14-15)24-22(17-9-5-3-6-10-17)21(20)23(25)18-11-7-4-8-12-18/h3-14,24H,1-2H3.